The van der Waals surface area contributed by atoms with Crippen LogP contribution in [0.4, 0.5) is 10.5 Å². The largest absolute Gasteiger partial charge is 0.492 e. The summed E-state index contributed by atoms with van der Waals surface area (Å²) >= 11 is 0. The molecule has 29 heavy (non-hydrogen) atoms. The van der Waals surface area contributed by atoms with Crippen molar-refractivity contribution >= 4 is 17.7 Å². The van der Waals surface area contributed by atoms with Gasteiger partial charge in [-0.25, -0.2) is 14.8 Å². The van der Waals surface area contributed by atoms with E-state index in [0.717, 1.165) is 29.7 Å². The summed E-state index contributed by atoms with van der Waals surface area (Å²) in [6, 6.07) is 4.08. The first-order chi connectivity index (χ1) is 14.0. The summed E-state index contributed by atoms with van der Waals surface area (Å²) in [7, 11) is 0. The second kappa shape index (κ2) is 7.57. The number of fused-ring (bicyclic) bond motifs is 2. The molecule has 1 spiro atoms. The molecule has 1 fully saturated rings. The van der Waals surface area contributed by atoms with E-state index in [2.05, 4.69) is 20.6 Å². The summed E-state index contributed by atoms with van der Waals surface area (Å²) in [4.78, 5) is 30.6. The van der Waals surface area contributed by atoms with Crippen molar-refractivity contribution in [2.24, 2.45) is 0 Å². The molecular formula is C20H22N4O5. The lowest BCUT2D eigenvalue weighted by Crippen LogP contribution is -2.23. The maximum absolute atomic E-state index is 11.9. The van der Waals surface area contributed by atoms with Gasteiger partial charge in [0.15, 0.2) is 0 Å². The lowest BCUT2D eigenvalue weighted by Gasteiger charge is -2.13. The highest BCUT2D eigenvalue weighted by Crippen LogP contribution is 2.59. The van der Waals surface area contributed by atoms with Crippen LogP contribution >= 0.6 is 0 Å². The SMILES string of the molecule is Cc1ccc(Oc2ncc(NC(=O)CCCNC(=O)O)cn2)c2c1OCC21CC1. The van der Waals surface area contributed by atoms with E-state index in [9.17, 15) is 9.59 Å². The molecule has 1 aromatic carbocycles. The molecule has 9 nitrogen and oxygen atoms in total. The van der Waals surface area contributed by atoms with Gasteiger partial charge < -0.3 is 25.2 Å². The molecule has 3 N–H and O–H groups in total. The first kappa shape index (κ1) is 19.0. The molecule has 2 heterocycles. The summed E-state index contributed by atoms with van der Waals surface area (Å²) in [6.07, 6.45) is 4.63. The van der Waals surface area contributed by atoms with Gasteiger partial charge >= 0.3 is 12.1 Å². The Kier molecular flexibility index (Phi) is 4.96. The number of carboxylic acid groups (broad SMARTS) is 1. The number of carbonyl (C=O) groups excluding carboxylic acids is 1. The van der Waals surface area contributed by atoms with Crippen molar-refractivity contribution in [3.8, 4) is 17.5 Å². The monoisotopic (exact) mass is 398 g/mol. The van der Waals surface area contributed by atoms with E-state index in [0.29, 0.717) is 24.5 Å². The fourth-order valence-electron chi connectivity index (χ4n) is 3.47. The summed E-state index contributed by atoms with van der Waals surface area (Å²) < 4.78 is 11.8. The van der Waals surface area contributed by atoms with Gasteiger partial charge in [-0.3, -0.25) is 4.79 Å². The Balaban J connectivity index is 1.37. The molecule has 0 atom stereocenters. The zero-order chi connectivity index (χ0) is 20.4. The third-order valence-electron chi connectivity index (χ3n) is 5.16. The Hall–Kier alpha value is -3.36. The number of aryl methyl sites for hydroxylation is 1. The molecule has 2 aromatic rings. The first-order valence-electron chi connectivity index (χ1n) is 9.50. The van der Waals surface area contributed by atoms with Gasteiger partial charge in [0, 0.05) is 23.9 Å². The Morgan fingerprint density at radius 2 is 2.03 bits per heavy atom. The van der Waals surface area contributed by atoms with E-state index in [1.165, 1.54) is 12.4 Å². The van der Waals surface area contributed by atoms with Gasteiger partial charge in [-0.05, 0) is 37.8 Å². The number of anilines is 1. The van der Waals surface area contributed by atoms with Crippen molar-refractivity contribution < 1.29 is 24.2 Å². The van der Waals surface area contributed by atoms with Gasteiger partial charge in [0.25, 0.3) is 0 Å². The Bertz CT molecular complexity index is 941. The number of benzene rings is 1. The van der Waals surface area contributed by atoms with Gasteiger partial charge in [0.1, 0.15) is 11.5 Å². The summed E-state index contributed by atoms with van der Waals surface area (Å²) in [5.74, 6) is 1.38. The Labute approximate surface area is 167 Å². The van der Waals surface area contributed by atoms with Crippen molar-refractivity contribution in [3.05, 3.63) is 35.7 Å². The van der Waals surface area contributed by atoms with Crippen molar-refractivity contribution in [1.82, 2.24) is 15.3 Å². The second-order valence-corrected chi connectivity index (χ2v) is 7.39. The van der Waals surface area contributed by atoms with Crippen LogP contribution in [0.5, 0.6) is 17.5 Å². The van der Waals surface area contributed by atoms with Crippen LogP contribution in [0.3, 0.4) is 0 Å². The zero-order valence-corrected chi connectivity index (χ0v) is 16.0. The van der Waals surface area contributed by atoms with Crippen LogP contribution in [0, 0.1) is 6.92 Å². The Morgan fingerprint density at radius 1 is 1.28 bits per heavy atom. The highest BCUT2D eigenvalue weighted by molar-refractivity contribution is 5.90. The average Bonchev–Trinajstić information content (AvgIpc) is 3.36. The van der Waals surface area contributed by atoms with Crippen LogP contribution in [0.1, 0.15) is 36.8 Å². The van der Waals surface area contributed by atoms with E-state index in [1.807, 2.05) is 19.1 Å². The van der Waals surface area contributed by atoms with E-state index in [4.69, 9.17) is 14.6 Å². The minimum absolute atomic E-state index is 0.0695. The molecule has 152 valence electrons. The number of ether oxygens (including phenoxy) is 2. The third kappa shape index (κ3) is 4.08. The smallest absolute Gasteiger partial charge is 0.404 e. The maximum Gasteiger partial charge on any atom is 0.404 e. The van der Waals surface area contributed by atoms with Crippen molar-refractivity contribution in [2.45, 2.75) is 38.0 Å². The molecule has 2 amide bonds. The maximum atomic E-state index is 11.9. The normalized spacial score (nSPS) is 15.3. The predicted octanol–water partition coefficient (Wildman–Crippen LogP) is 2.99. The third-order valence-corrected chi connectivity index (χ3v) is 5.16. The van der Waals surface area contributed by atoms with Gasteiger partial charge in [0.05, 0.1) is 24.7 Å². The average molecular weight is 398 g/mol. The van der Waals surface area contributed by atoms with E-state index in [1.54, 1.807) is 0 Å². The predicted molar refractivity (Wildman–Crippen MR) is 104 cm³/mol. The molecule has 0 saturated heterocycles. The first-order valence-corrected chi connectivity index (χ1v) is 9.50. The molecular weight excluding hydrogens is 376 g/mol. The van der Waals surface area contributed by atoms with Crippen LogP contribution in [0.15, 0.2) is 24.5 Å². The molecule has 0 unspecified atom stereocenters. The molecule has 0 bridgehead atoms. The Morgan fingerprint density at radius 3 is 2.72 bits per heavy atom. The highest BCUT2D eigenvalue weighted by Gasteiger charge is 2.53. The molecule has 2 aliphatic rings. The summed E-state index contributed by atoms with van der Waals surface area (Å²) in [5.41, 5.74) is 2.71. The fraction of sp³-hybridized carbons (Fsp3) is 0.400. The number of rotatable bonds is 7. The lowest BCUT2D eigenvalue weighted by atomic mass is 9.95. The van der Waals surface area contributed by atoms with Crippen LogP contribution in [-0.4, -0.2) is 40.2 Å². The quantitative estimate of drug-likeness (QED) is 0.613. The molecule has 0 radical (unpaired) electrons. The minimum atomic E-state index is -1.10. The highest BCUT2D eigenvalue weighted by atomic mass is 16.5. The van der Waals surface area contributed by atoms with Crippen molar-refractivity contribution in [2.75, 3.05) is 18.5 Å². The molecule has 1 aliphatic carbocycles. The lowest BCUT2D eigenvalue weighted by molar-refractivity contribution is -0.116. The number of amides is 2. The van der Waals surface area contributed by atoms with E-state index >= 15 is 0 Å². The van der Waals surface area contributed by atoms with E-state index in [-0.39, 0.29) is 30.3 Å². The van der Waals surface area contributed by atoms with Gasteiger partial charge in [-0.2, -0.15) is 0 Å². The topological polar surface area (TPSA) is 123 Å². The van der Waals surface area contributed by atoms with Crippen LogP contribution in [0.25, 0.3) is 0 Å². The molecule has 1 aromatic heterocycles. The summed E-state index contributed by atoms with van der Waals surface area (Å²) in [5, 5.41) is 13.4. The molecule has 1 saturated carbocycles. The summed E-state index contributed by atoms with van der Waals surface area (Å²) in [6.45, 7) is 2.94. The number of carbonyl (C=O) groups is 2. The second-order valence-electron chi connectivity index (χ2n) is 7.39. The number of aromatic nitrogens is 2. The number of hydrogen-bond acceptors (Lipinski definition) is 6. The van der Waals surface area contributed by atoms with Gasteiger partial charge in [-0.1, -0.05) is 6.07 Å². The molecule has 1 aliphatic heterocycles. The van der Waals surface area contributed by atoms with E-state index < -0.39 is 6.09 Å². The number of nitrogens with one attached hydrogen (secondary N) is 2. The van der Waals surface area contributed by atoms with Crippen LogP contribution < -0.4 is 20.1 Å². The van der Waals surface area contributed by atoms with Crippen molar-refractivity contribution in [3.63, 3.8) is 0 Å². The molecule has 9 heteroatoms. The fourth-order valence-corrected chi connectivity index (χ4v) is 3.47. The minimum Gasteiger partial charge on any atom is -0.492 e. The zero-order valence-electron chi connectivity index (χ0n) is 16.0. The van der Waals surface area contributed by atoms with Crippen LogP contribution in [0.2, 0.25) is 0 Å². The van der Waals surface area contributed by atoms with Gasteiger partial charge in [-0.15, -0.1) is 0 Å². The molecule has 4 rings (SSSR count). The number of nitrogens with zero attached hydrogens (tertiary/aromatic N) is 2. The number of hydrogen-bond donors (Lipinski definition) is 3. The van der Waals surface area contributed by atoms with Gasteiger partial charge in [0.2, 0.25) is 5.91 Å². The van der Waals surface area contributed by atoms with Crippen molar-refractivity contribution in [1.29, 1.82) is 0 Å². The standard InChI is InChI=1S/C20H22N4O5/c1-12-4-5-14(16-17(12)28-11-20(16)6-7-20)29-18-22-9-13(10-23-18)24-15(25)3-2-8-21-19(26)27/h4-5,9-10,21H,2-3,6-8,11H2,1H3,(H,24,25)(H,26,27). The van der Waals surface area contributed by atoms with Crippen LogP contribution in [-0.2, 0) is 10.2 Å².